The second-order valence-electron chi connectivity index (χ2n) is 8.28. The van der Waals surface area contributed by atoms with Gasteiger partial charge in [0.15, 0.2) is 15.6 Å². The van der Waals surface area contributed by atoms with Crippen molar-refractivity contribution in [1.29, 1.82) is 0 Å². The zero-order valence-electron chi connectivity index (χ0n) is 18.5. The Labute approximate surface area is 209 Å². The van der Waals surface area contributed by atoms with E-state index in [1.54, 1.807) is 13.0 Å². The number of sulfone groups is 1. The highest BCUT2D eigenvalue weighted by Gasteiger charge is 2.23. The Bertz CT molecular complexity index is 1680. The van der Waals surface area contributed by atoms with Gasteiger partial charge in [0, 0.05) is 24.2 Å². The van der Waals surface area contributed by atoms with Crippen LogP contribution in [0.1, 0.15) is 17.0 Å². The molecule has 2 aromatic carbocycles. The van der Waals surface area contributed by atoms with Gasteiger partial charge in [0.25, 0.3) is 5.56 Å². The molecular formula is C24H19ClFN3O4S2. The quantitative estimate of drug-likeness (QED) is 0.402. The topological polar surface area (TPSA) is 98.1 Å². The second kappa shape index (κ2) is 8.85. The Morgan fingerprint density at radius 1 is 1.23 bits per heavy atom. The molecule has 1 N–H and O–H groups in total. The molecule has 0 atom stereocenters. The van der Waals surface area contributed by atoms with E-state index in [4.69, 9.17) is 11.6 Å². The third-order valence-corrected chi connectivity index (χ3v) is 9.35. The molecule has 1 aliphatic rings. The van der Waals surface area contributed by atoms with E-state index in [2.05, 4.69) is 10.3 Å². The molecule has 3 heterocycles. The van der Waals surface area contributed by atoms with Crippen molar-refractivity contribution in [3.05, 3.63) is 79.9 Å². The van der Waals surface area contributed by atoms with Gasteiger partial charge in [-0.1, -0.05) is 17.7 Å². The molecule has 0 radical (unpaired) electrons. The molecule has 35 heavy (non-hydrogen) atoms. The molecule has 180 valence electrons. The molecule has 0 bridgehead atoms. The fourth-order valence-corrected chi connectivity index (χ4v) is 7.12. The highest BCUT2D eigenvalue weighted by Crippen LogP contribution is 2.29. The van der Waals surface area contributed by atoms with Crippen LogP contribution in [0.5, 0.6) is 0 Å². The third kappa shape index (κ3) is 4.37. The molecule has 2 aromatic heterocycles. The summed E-state index contributed by atoms with van der Waals surface area (Å²) in [5, 5.41) is 3.65. The Balaban J connectivity index is 1.43. The molecule has 0 unspecified atom stereocenters. The lowest BCUT2D eigenvalue weighted by atomic mass is 10.1. The summed E-state index contributed by atoms with van der Waals surface area (Å²) in [6, 6.07) is 10.4. The first-order valence-corrected chi connectivity index (χ1v) is 13.6. The Hall–Kier alpha value is -3.08. The third-order valence-electron chi connectivity index (χ3n) is 5.86. The first-order chi connectivity index (χ1) is 16.6. The van der Waals surface area contributed by atoms with E-state index < -0.39 is 27.2 Å². The van der Waals surface area contributed by atoms with Gasteiger partial charge in [0.05, 0.1) is 20.9 Å². The van der Waals surface area contributed by atoms with Crippen LogP contribution in [0.4, 0.5) is 10.1 Å². The maximum absolute atomic E-state index is 15.1. The molecule has 0 fully saturated rings. The number of carbonyl (C=O) groups excluding carboxylic acids is 1. The van der Waals surface area contributed by atoms with Gasteiger partial charge in [0.1, 0.15) is 21.6 Å². The van der Waals surface area contributed by atoms with Gasteiger partial charge >= 0.3 is 0 Å². The number of nitrogens with one attached hydrogen (secondary N) is 1. The molecule has 4 aromatic rings. The molecule has 0 saturated heterocycles. The maximum atomic E-state index is 15.1. The largest absolute Gasteiger partial charge is 0.384 e. The SMILES string of the molecule is Cc1nc2c3c(ccc2c(=O)n1-c1ccc(CC(=O)CS(=O)(=O)c2ccc(Cl)s2)cc1F)NCC3. The summed E-state index contributed by atoms with van der Waals surface area (Å²) in [5.74, 6) is -1.66. The number of aryl methyl sites for hydroxylation is 1. The van der Waals surface area contributed by atoms with Crippen molar-refractivity contribution in [3.8, 4) is 5.69 Å². The number of hydrogen-bond acceptors (Lipinski definition) is 7. The summed E-state index contributed by atoms with van der Waals surface area (Å²) in [5.41, 5.74) is 2.47. The second-order valence-corrected chi connectivity index (χ2v) is 12.2. The summed E-state index contributed by atoms with van der Waals surface area (Å²) in [4.78, 5) is 30.3. The van der Waals surface area contributed by atoms with E-state index >= 15 is 4.39 Å². The van der Waals surface area contributed by atoms with Gasteiger partial charge < -0.3 is 5.32 Å². The smallest absolute Gasteiger partial charge is 0.266 e. The molecule has 1 aliphatic heterocycles. The van der Waals surface area contributed by atoms with E-state index in [1.807, 2.05) is 6.07 Å². The molecule has 5 rings (SSSR count). The number of halogens is 2. The minimum Gasteiger partial charge on any atom is -0.384 e. The average molecular weight is 532 g/mol. The lowest BCUT2D eigenvalue weighted by Crippen LogP contribution is -2.24. The van der Waals surface area contributed by atoms with Crippen LogP contribution in [-0.4, -0.2) is 36.0 Å². The number of ketones is 1. The van der Waals surface area contributed by atoms with Gasteiger partial charge in [-0.2, -0.15) is 0 Å². The fourth-order valence-electron chi connectivity index (χ4n) is 4.31. The van der Waals surface area contributed by atoms with E-state index in [0.717, 1.165) is 41.6 Å². The number of thiophene rings is 1. The van der Waals surface area contributed by atoms with Gasteiger partial charge in [-0.15, -0.1) is 11.3 Å². The monoisotopic (exact) mass is 531 g/mol. The number of Topliss-reactive ketones (excluding diaryl/α,β-unsaturated/α-hetero) is 1. The Kier molecular flexibility index (Phi) is 5.98. The van der Waals surface area contributed by atoms with Crippen LogP contribution >= 0.6 is 22.9 Å². The summed E-state index contributed by atoms with van der Waals surface area (Å²) < 4.78 is 41.5. The molecule has 7 nitrogen and oxygen atoms in total. The van der Waals surface area contributed by atoms with Crippen LogP contribution in [0, 0.1) is 12.7 Å². The zero-order chi connectivity index (χ0) is 24.9. The number of carbonyl (C=O) groups is 1. The summed E-state index contributed by atoms with van der Waals surface area (Å²) in [7, 11) is -3.82. The number of fused-ring (bicyclic) bond motifs is 3. The minimum absolute atomic E-state index is 0.0115. The van der Waals surface area contributed by atoms with E-state index in [-0.39, 0.29) is 21.9 Å². The van der Waals surface area contributed by atoms with E-state index in [1.165, 1.54) is 28.8 Å². The number of anilines is 1. The number of rotatable bonds is 6. The summed E-state index contributed by atoms with van der Waals surface area (Å²) >= 11 is 6.67. The Morgan fingerprint density at radius 2 is 2.03 bits per heavy atom. The van der Waals surface area contributed by atoms with Crippen molar-refractivity contribution in [2.24, 2.45) is 0 Å². The van der Waals surface area contributed by atoms with Crippen LogP contribution in [0.2, 0.25) is 4.34 Å². The van der Waals surface area contributed by atoms with Crippen molar-refractivity contribution >= 4 is 55.1 Å². The summed E-state index contributed by atoms with van der Waals surface area (Å²) in [6.07, 6.45) is 0.493. The minimum atomic E-state index is -3.82. The number of benzene rings is 2. The van der Waals surface area contributed by atoms with Crippen LogP contribution < -0.4 is 10.9 Å². The van der Waals surface area contributed by atoms with Gasteiger partial charge in [0.2, 0.25) is 0 Å². The summed E-state index contributed by atoms with van der Waals surface area (Å²) in [6.45, 7) is 2.41. The zero-order valence-corrected chi connectivity index (χ0v) is 20.9. The van der Waals surface area contributed by atoms with Gasteiger partial charge in [-0.3, -0.25) is 14.2 Å². The number of hydrogen-bond donors (Lipinski definition) is 1. The van der Waals surface area contributed by atoms with Crippen LogP contribution in [0.3, 0.4) is 0 Å². The van der Waals surface area contributed by atoms with E-state index in [9.17, 15) is 18.0 Å². The van der Waals surface area contributed by atoms with Crippen molar-refractivity contribution in [3.63, 3.8) is 0 Å². The van der Waals surface area contributed by atoms with Gasteiger partial charge in [-0.05, 0) is 55.3 Å². The lowest BCUT2D eigenvalue weighted by molar-refractivity contribution is -0.116. The lowest BCUT2D eigenvalue weighted by Gasteiger charge is -2.14. The molecule has 11 heteroatoms. The number of aromatic nitrogens is 2. The Morgan fingerprint density at radius 3 is 2.74 bits per heavy atom. The van der Waals surface area contributed by atoms with Crippen LogP contribution in [0.25, 0.3) is 16.6 Å². The first kappa shape index (κ1) is 23.7. The van der Waals surface area contributed by atoms with Gasteiger partial charge in [-0.25, -0.2) is 17.8 Å². The van der Waals surface area contributed by atoms with Crippen LogP contribution in [-0.2, 0) is 27.5 Å². The van der Waals surface area contributed by atoms with Crippen molar-refractivity contribution in [2.45, 2.75) is 24.0 Å². The number of nitrogens with zero attached hydrogens (tertiary/aromatic N) is 2. The highest BCUT2D eigenvalue weighted by atomic mass is 35.5. The predicted octanol–water partition coefficient (Wildman–Crippen LogP) is 4.10. The normalized spacial score (nSPS) is 13.1. The molecular weight excluding hydrogens is 513 g/mol. The van der Waals surface area contributed by atoms with E-state index in [0.29, 0.717) is 26.6 Å². The standard InChI is InChI=1S/C24H19ClFN3O4S2/c1-13-28-23-16-8-9-27-19(16)4-3-17(23)24(31)29(13)20-5-2-14(11-18(20)26)10-15(30)12-35(32,33)22-7-6-21(25)34-22/h2-7,11,27H,8-10,12H2,1H3. The maximum Gasteiger partial charge on any atom is 0.266 e. The average Bonchev–Trinajstić information content (AvgIpc) is 3.44. The van der Waals surface area contributed by atoms with Crippen LogP contribution in [0.15, 0.2) is 51.5 Å². The molecule has 0 aliphatic carbocycles. The van der Waals surface area contributed by atoms with Crippen molar-refractivity contribution < 1.29 is 17.6 Å². The first-order valence-electron chi connectivity index (χ1n) is 10.7. The molecule has 0 saturated carbocycles. The van der Waals surface area contributed by atoms with Crippen molar-refractivity contribution in [1.82, 2.24) is 9.55 Å². The fraction of sp³-hybridized carbons (Fsp3) is 0.208. The molecule has 0 spiro atoms. The molecule has 0 amide bonds. The predicted molar refractivity (Wildman–Crippen MR) is 134 cm³/mol. The van der Waals surface area contributed by atoms with Crippen molar-refractivity contribution in [2.75, 3.05) is 17.6 Å². The highest BCUT2D eigenvalue weighted by molar-refractivity contribution is 7.94.